The van der Waals surface area contributed by atoms with E-state index >= 15 is 0 Å². The number of carbonyl (C=O) groups excluding carboxylic acids is 4. The maximum absolute atomic E-state index is 13.2. The van der Waals surface area contributed by atoms with Crippen LogP contribution in [0.3, 0.4) is 0 Å². The number of nitrogens with one attached hydrogen (secondary N) is 3. The highest BCUT2D eigenvalue weighted by Crippen LogP contribution is 2.25. The quantitative estimate of drug-likeness (QED) is 0.553. The lowest BCUT2D eigenvalue weighted by atomic mass is 10.1. The van der Waals surface area contributed by atoms with Crippen molar-refractivity contribution in [3.8, 4) is 0 Å². The highest BCUT2D eigenvalue weighted by Gasteiger charge is 2.41. The molecule has 1 aromatic heterocycles. The van der Waals surface area contributed by atoms with Crippen molar-refractivity contribution in [3.63, 3.8) is 0 Å². The second-order valence-corrected chi connectivity index (χ2v) is 8.99. The van der Waals surface area contributed by atoms with Crippen LogP contribution < -0.4 is 16.0 Å². The predicted octanol–water partition coefficient (Wildman–Crippen LogP) is 0.421. The molecule has 3 heterocycles. The van der Waals surface area contributed by atoms with Crippen molar-refractivity contribution in [1.82, 2.24) is 25.4 Å². The van der Waals surface area contributed by atoms with Gasteiger partial charge in [0.25, 0.3) is 5.91 Å². The fourth-order valence-electron chi connectivity index (χ4n) is 4.13. The number of aromatic nitrogens is 1. The fourth-order valence-corrected chi connectivity index (χ4v) is 4.91. The number of anilines is 1. The van der Waals surface area contributed by atoms with Gasteiger partial charge in [0.15, 0.2) is 5.13 Å². The third-order valence-corrected chi connectivity index (χ3v) is 6.55. The third kappa shape index (κ3) is 5.52. The molecule has 3 N–H and O–H groups in total. The molecule has 1 aromatic rings. The van der Waals surface area contributed by atoms with E-state index in [4.69, 9.17) is 0 Å². The van der Waals surface area contributed by atoms with E-state index in [1.165, 1.54) is 18.3 Å². The zero-order valence-electron chi connectivity index (χ0n) is 18.1. The zero-order chi connectivity index (χ0) is 22.5. The normalized spacial score (nSPS) is 23.0. The fraction of sp³-hybridized carbons (Fsp3) is 0.650. The van der Waals surface area contributed by atoms with E-state index in [1.54, 1.807) is 16.0 Å². The van der Waals surface area contributed by atoms with Crippen LogP contribution in [-0.2, 0) is 14.4 Å². The monoisotopic (exact) mass is 450 g/mol. The lowest BCUT2D eigenvalue weighted by Gasteiger charge is -2.30. The molecule has 3 unspecified atom stereocenters. The molecule has 170 valence electrons. The summed E-state index contributed by atoms with van der Waals surface area (Å²) in [4.78, 5) is 57.3. The van der Waals surface area contributed by atoms with Gasteiger partial charge in [0.1, 0.15) is 10.9 Å². The van der Waals surface area contributed by atoms with Gasteiger partial charge in [0.2, 0.25) is 17.7 Å². The maximum atomic E-state index is 13.2. The molecule has 10 nitrogen and oxygen atoms in total. The van der Waals surface area contributed by atoms with Gasteiger partial charge in [-0.2, -0.15) is 0 Å². The van der Waals surface area contributed by atoms with Crippen LogP contribution in [0, 0.1) is 0 Å². The van der Waals surface area contributed by atoms with E-state index in [0.29, 0.717) is 35.9 Å². The van der Waals surface area contributed by atoms with Gasteiger partial charge in [-0.25, -0.2) is 4.98 Å². The van der Waals surface area contributed by atoms with Gasteiger partial charge in [0.05, 0.1) is 12.7 Å². The maximum Gasteiger partial charge on any atom is 0.263 e. The summed E-state index contributed by atoms with van der Waals surface area (Å²) < 4.78 is 0. The molecule has 2 aliphatic heterocycles. The summed E-state index contributed by atoms with van der Waals surface area (Å²) in [7, 11) is 0. The number of thiazole rings is 1. The van der Waals surface area contributed by atoms with Crippen molar-refractivity contribution in [3.05, 3.63) is 11.1 Å². The van der Waals surface area contributed by atoms with E-state index in [2.05, 4.69) is 20.9 Å². The van der Waals surface area contributed by atoms with Crippen molar-refractivity contribution in [1.29, 1.82) is 0 Å². The minimum Gasteiger partial charge on any atom is -0.362 e. The second kappa shape index (κ2) is 10.1. The van der Waals surface area contributed by atoms with E-state index < -0.39 is 6.04 Å². The standard InChI is InChI=1S/C20H30N6O4S/c1-4-21-20-23-9-16(31-20)18(29)24-14-8-12(2)26(11-14)19(30)15-6-5-7-25(15)17(28)10-22-13(3)27/h9,12,14-15H,4-8,10-11H2,1-3H3,(H,21,23)(H,22,27)(H,24,29). The largest absolute Gasteiger partial charge is 0.362 e. The van der Waals surface area contributed by atoms with Gasteiger partial charge in [-0.1, -0.05) is 11.3 Å². The van der Waals surface area contributed by atoms with Crippen LogP contribution in [-0.4, -0.2) is 82.7 Å². The summed E-state index contributed by atoms with van der Waals surface area (Å²) >= 11 is 1.30. The number of hydrogen-bond donors (Lipinski definition) is 3. The first kappa shape index (κ1) is 23.0. The Balaban J connectivity index is 1.57. The minimum absolute atomic E-state index is 0.0375. The van der Waals surface area contributed by atoms with Crippen LogP contribution in [0.5, 0.6) is 0 Å². The lowest BCUT2D eigenvalue weighted by Crippen LogP contribution is -2.51. The summed E-state index contributed by atoms with van der Waals surface area (Å²) in [5, 5.41) is 9.30. The molecule has 11 heteroatoms. The Morgan fingerprint density at radius 2 is 2.03 bits per heavy atom. The molecule has 3 rings (SSSR count). The Kier molecular flexibility index (Phi) is 7.47. The number of nitrogens with zero attached hydrogens (tertiary/aromatic N) is 3. The summed E-state index contributed by atoms with van der Waals surface area (Å²) in [5.41, 5.74) is 0. The van der Waals surface area contributed by atoms with Crippen molar-refractivity contribution in [2.24, 2.45) is 0 Å². The molecule has 2 aliphatic rings. The molecule has 4 amide bonds. The highest BCUT2D eigenvalue weighted by atomic mass is 32.1. The SMILES string of the molecule is CCNc1ncc(C(=O)NC2CC(C)N(C(=O)C3CCCN3C(=O)CNC(C)=O)C2)s1. The summed E-state index contributed by atoms with van der Waals surface area (Å²) in [6.07, 6.45) is 3.57. The average molecular weight is 451 g/mol. The van der Waals surface area contributed by atoms with Crippen molar-refractivity contribution >= 4 is 40.1 Å². The molecule has 0 aliphatic carbocycles. The minimum atomic E-state index is -0.512. The molecule has 2 saturated heterocycles. The molecule has 3 atom stereocenters. The number of carbonyl (C=O) groups is 4. The lowest BCUT2D eigenvalue weighted by molar-refractivity contribution is -0.144. The van der Waals surface area contributed by atoms with Gasteiger partial charge in [-0.3, -0.25) is 19.2 Å². The summed E-state index contributed by atoms with van der Waals surface area (Å²) in [6.45, 7) is 6.83. The Bertz CT molecular complexity index is 843. The van der Waals surface area contributed by atoms with Crippen LogP contribution in [0.15, 0.2) is 6.20 Å². The second-order valence-electron chi connectivity index (χ2n) is 7.96. The molecule has 0 bridgehead atoms. The first-order valence-corrected chi connectivity index (χ1v) is 11.5. The van der Waals surface area contributed by atoms with E-state index in [1.807, 2.05) is 13.8 Å². The van der Waals surface area contributed by atoms with Crippen LogP contribution in [0.1, 0.15) is 49.7 Å². The Hall–Kier alpha value is -2.69. The van der Waals surface area contributed by atoms with E-state index in [9.17, 15) is 19.2 Å². The van der Waals surface area contributed by atoms with Gasteiger partial charge < -0.3 is 25.8 Å². The zero-order valence-corrected chi connectivity index (χ0v) is 19.0. The van der Waals surface area contributed by atoms with E-state index in [-0.39, 0.29) is 42.3 Å². The first-order chi connectivity index (χ1) is 14.8. The number of hydrogen-bond acceptors (Lipinski definition) is 7. The van der Waals surface area contributed by atoms with Crippen LogP contribution >= 0.6 is 11.3 Å². The molecule has 0 aromatic carbocycles. The Labute approximate surface area is 185 Å². The predicted molar refractivity (Wildman–Crippen MR) is 117 cm³/mol. The van der Waals surface area contributed by atoms with Crippen molar-refractivity contribution in [2.75, 3.05) is 31.5 Å². The van der Waals surface area contributed by atoms with Crippen molar-refractivity contribution in [2.45, 2.75) is 58.2 Å². The van der Waals surface area contributed by atoms with Crippen LogP contribution in [0.25, 0.3) is 0 Å². The van der Waals surface area contributed by atoms with Gasteiger partial charge in [0, 0.05) is 38.6 Å². The number of amides is 4. The Morgan fingerprint density at radius 1 is 1.26 bits per heavy atom. The van der Waals surface area contributed by atoms with Crippen LogP contribution in [0.2, 0.25) is 0 Å². The molecular formula is C20H30N6O4S. The number of rotatable bonds is 7. The molecule has 31 heavy (non-hydrogen) atoms. The van der Waals surface area contributed by atoms with Gasteiger partial charge in [-0.15, -0.1) is 0 Å². The highest BCUT2D eigenvalue weighted by molar-refractivity contribution is 7.17. The van der Waals surface area contributed by atoms with Gasteiger partial charge in [-0.05, 0) is 33.1 Å². The molecule has 0 spiro atoms. The van der Waals surface area contributed by atoms with E-state index in [0.717, 1.165) is 13.0 Å². The van der Waals surface area contributed by atoms with Crippen LogP contribution in [0.4, 0.5) is 5.13 Å². The molecular weight excluding hydrogens is 420 g/mol. The van der Waals surface area contributed by atoms with Gasteiger partial charge >= 0.3 is 0 Å². The topological polar surface area (TPSA) is 124 Å². The first-order valence-electron chi connectivity index (χ1n) is 10.6. The molecule has 2 fully saturated rings. The van der Waals surface area contributed by atoms with Crippen molar-refractivity contribution < 1.29 is 19.2 Å². The Morgan fingerprint density at radius 3 is 2.74 bits per heavy atom. The summed E-state index contributed by atoms with van der Waals surface area (Å²) in [5.74, 6) is -0.809. The number of likely N-dealkylation sites (tertiary alicyclic amines) is 2. The smallest absolute Gasteiger partial charge is 0.263 e. The summed E-state index contributed by atoms with van der Waals surface area (Å²) in [6, 6.07) is -0.701. The molecule has 0 radical (unpaired) electrons. The molecule has 0 saturated carbocycles. The average Bonchev–Trinajstić information content (AvgIpc) is 3.45. The third-order valence-electron chi connectivity index (χ3n) is 5.60.